The summed E-state index contributed by atoms with van der Waals surface area (Å²) in [6.45, 7) is 6.03. The van der Waals surface area contributed by atoms with Gasteiger partial charge < -0.3 is 21.1 Å². The molecule has 1 aromatic rings. The number of thiazole rings is 1. The van der Waals surface area contributed by atoms with Gasteiger partial charge in [-0.3, -0.25) is 14.4 Å². The Morgan fingerprint density at radius 3 is 2.69 bits per heavy atom. The molecular formula is C16H20N4O4S2. The van der Waals surface area contributed by atoms with E-state index in [1.54, 1.807) is 11.5 Å². The molecule has 4 N–H and O–H groups in total. The number of nitrogens with two attached hydrogens (primary N) is 1. The van der Waals surface area contributed by atoms with Crippen molar-refractivity contribution in [3.05, 3.63) is 17.2 Å². The molecule has 2 aliphatic rings. The number of β-lactam (4-membered cyclic amide) rings is 1. The number of nitrogens with zero attached hydrogens (tertiary/aromatic N) is 2. The first-order valence-corrected chi connectivity index (χ1v) is 9.83. The van der Waals surface area contributed by atoms with E-state index in [1.165, 1.54) is 28.0 Å². The Labute approximate surface area is 158 Å². The quantitative estimate of drug-likeness (QED) is 0.512. The summed E-state index contributed by atoms with van der Waals surface area (Å²) in [5.74, 6) is -1.62. The molecule has 10 heteroatoms. The van der Waals surface area contributed by atoms with Gasteiger partial charge in [0.2, 0.25) is 5.91 Å². The number of carbonyl (C=O) groups is 3. The molecule has 3 heterocycles. The van der Waals surface area contributed by atoms with E-state index in [0.717, 1.165) is 0 Å². The van der Waals surface area contributed by atoms with Crippen molar-refractivity contribution in [2.75, 3.05) is 12.3 Å². The van der Waals surface area contributed by atoms with Crippen LogP contribution in [-0.2, 0) is 14.4 Å². The highest BCUT2D eigenvalue weighted by atomic mass is 32.2. The van der Waals surface area contributed by atoms with Gasteiger partial charge in [-0.25, -0.2) is 4.98 Å². The normalized spacial score (nSPS) is 25.7. The Bertz CT molecular complexity index is 798. The fourth-order valence-electron chi connectivity index (χ4n) is 2.85. The van der Waals surface area contributed by atoms with Crippen molar-refractivity contribution in [3.63, 3.8) is 0 Å². The van der Waals surface area contributed by atoms with Crippen molar-refractivity contribution in [2.45, 2.75) is 37.4 Å². The largest absolute Gasteiger partial charge is 0.480 e. The molecule has 0 saturated carbocycles. The van der Waals surface area contributed by atoms with Crippen molar-refractivity contribution >= 4 is 51.6 Å². The van der Waals surface area contributed by atoms with E-state index in [0.29, 0.717) is 16.4 Å². The number of carboxylic acid groups (broad SMARTS) is 1. The van der Waals surface area contributed by atoms with E-state index in [4.69, 9.17) is 10.8 Å². The second-order valence-corrected chi connectivity index (χ2v) is 9.50. The number of aliphatic carboxylic acids is 1. The van der Waals surface area contributed by atoms with Crippen LogP contribution < -0.4 is 11.1 Å². The van der Waals surface area contributed by atoms with Gasteiger partial charge in [-0.15, -0.1) is 23.1 Å². The van der Waals surface area contributed by atoms with Crippen molar-refractivity contribution in [1.82, 2.24) is 15.2 Å². The zero-order valence-electron chi connectivity index (χ0n) is 14.6. The monoisotopic (exact) mass is 396 g/mol. The summed E-state index contributed by atoms with van der Waals surface area (Å²) in [5, 5.41) is 12.9. The van der Waals surface area contributed by atoms with E-state index in [9.17, 15) is 14.4 Å². The zero-order valence-corrected chi connectivity index (χ0v) is 16.2. The van der Waals surface area contributed by atoms with Gasteiger partial charge in [0.05, 0.1) is 11.3 Å². The summed E-state index contributed by atoms with van der Waals surface area (Å²) in [6, 6.07) is -0.726. The third kappa shape index (κ3) is 3.56. The van der Waals surface area contributed by atoms with Crippen molar-refractivity contribution < 1.29 is 19.5 Å². The maximum atomic E-state index is 12.8. The maximum Gasteiger partial charge on any atom is 0.318 e. The van der Waals surface area contributed by atoms with Gasteiger partial charge in [-0.05, 0) is 5.41 Å². The number of fused-ring (bicyclic) bond motifs is 1. The zero-order chi connectivity index (χ0) is 19.2. The molecule has 3 rings (SSSR count). The van der Waals surface area contributed by atoms with Crippen LogP contribution in [0.25, 0.3) is 5.57 Å². The predicted molar refractivity (Wildman–Crippen MR) is 100 cm³/mol. The summed E-state index contributed by atoms with van der Waals surface area (Å²) in [5.41, 5.74) is 6.22. The van der Waals surface area contributed by atoms with Crippen molar-refractivity contribution in [2.24, 2.45) is 5.41 Å². The van der Waals surface area contributed by atoms with E-state index in [-0.39, 0.29) is 23.2 Å². The molecule has 8 nitrogen and oxygen atoms in total. The van der Waals surface area contributed by atoms with Gasteiger partial charge in [0.15, 0.2) is 5.13 Å². The Balaban J connectivity index is 1.78. The van der Waals surface area contributed by atoms with E-state index in [1.807, 2.05) is 20.8 Å². The third-order valence-corrected chi connectivity index (χ3v) is 6.15. The minimum absolute atomic E-state index is 0.170. The lowest BCUT2D eigenvalue weighted by molar-refractivity contribution is -0.147. The number of carboxylic acids is 1. The van der Waals surface area contributed by atoms with Crippen LogP contribution in [0.2, 0.25) is 0 Å². The molecule has 2 amide bonds. The second kappa shape index (κ2) is 6.58. The highest BCUT2D eigenvalue weighted by molar-refractivity contribution is 8.01. The fourth-order valence-corrected chi connectivity index (χ4v) is 4.79. The van der Waals surface area contributed by atoms with Crippen molar-refractivity contribution in [1.29, 1.82) is 0 Å². The molecule has 0 radical (unpaired) electrons. The van der Waals surface area contributed by atoms with Gasteiger partial charge >= 0.3 is 5.97 Å². The number of carbonyl (C=O) groups excluding carboxylic acids is 2. The minimum atomic E-state index is -0.950. The molecule has 1 aromatic heterocycles. The average molecular weight is 396 g/mol. The lowest BCUT2D eigenvalue weighted by Gasteiger charge is -2.41. The Morgan fingerprint density at radius 2 is 2.15 bits per heavy atom. The first-order valence-electron chi connectivity index (χ1n) is 8.00. The van der Waals surface area contributed by atoms with Crippen LogP contribution >= 0.6 is 23.1 Å². The van der Waals surface area contributed by atoms with E-state index in [2.05, 4.69) is 10.3 Å². The Morgan fingerprint density at radius 1 is 1.46 bits per heavy atom. The molecule has 0 aromatic carbocycles. The molecule has 2 fully saturated rings. The number of thioether (sulfide) groups is 1. The van der Waals surface area contributed by atoms with Crippen LogP contribution in [-0.4, -0.2) is 56.0 Å². The lowest BCUT2D eigenvalue weighted by atomic mass is 9.92. The van der Waals surface area contributed by atoms with Gasteiger partial charge in [-0.1, -0.05) is 26.8 Å². The van der Waals surface area contributed by atoms with E-state index < -0.39 is 23.2 Å². The van der Waals surface area contributed by atoms with Gasteiger partial charge in [0.1, 0.15) is 16.7 Å². The number of anilines is 1. The van der Waals surface area contributed by atoms with E-state index >= 15 is 0 Å². The number of rotatable bonds is 4. The summed E-state index contributed by atoms with van der Waals surface area (Å²) in [4.78, 5) is 41.9. The Kier molecular flexibility index (Phi) is 4.74. The topological polar surface area (TPSA) is 126 Å². The fraction of sp³-hybridized carbons (Fsp3) is 0.500. The highest BCUT2D eigenvalue weighted by Gasteiger charge is 2.55. The molecule has 0 aliphatic carbocycles. The number of amides is 2. The van der Waals surface area contributed by atoms with Crippen LogP contribution in [0.15, 0.2) is 11.5 Å². The number of allylic oxidation sites excluding steroid dienone is 1. The lowest BCUT2D eigenvalue weighted by Crippen LogP contribution is -2.67. The maximum absolute atomic E-state index is 12.8. The Hall–Kier alpha value is -2.07. The van der Waals surface area contributed by atoms with Crippen LogP contribution in [0.3, 0.4) is 0 Å². The molecule has 3 atom stereocenters. The standard InChI is InChI=1S/C16H20N4O4S2/c1-16(2,3)4-7(8-6-25-15(17)18-8)11(21)19-10-12(22)20-5-9(14(23)24)26-13(10)20/h4,6,9-10,13H,5H2,1-3H3,(H2,17,18)(H,19,21)(H,23,24)/t9?,10?,13-/m1/s1. The molecule has 2 aliphatic heterocycles. The van der Waals surface area contributed by atoms with Crippen LogP contribution in [0.1, 0.15) is 26.5 Å². The number of aromatic nitrogens is 1. The molecule has 140 valence electrons. The minimum Gasteiger partial charge on any atom is -0.480 e. The first kappa shape index (κ1) is 18.7. The molecular weight excluding hydrogens is 376 g/mol. The number of hydrogen-bond donors (Lipinski definition) is 3. The smallest absolute Gasteiger partial charge is 0.318 e. The summed E-state index contributed by atoms with van der Waals surface area (Å²) in [7, 11) is 0. The second-order valence-electron chi connectivity index (χ2n) is 7.29. The van der Waals surface area contributed by atoms with Crippen LogP contribution in [0.4, 0.5) is 5.13 Å². The number of nitrogens with one attached hydrogen (secondary N) is 1. The summed E-state index contributed by atoms with van der Waals surface area (Å²) >= 11 is 2.42. The number of hydrogen-bond acceptors (Lipinski definition) is 7. The highest BCUT2D eigenvalue weighted by Crippen LogP contribution is 2.40. The van der Waals surface area contributed by atoms with Crippen molar-refractivity contribution in [3.8, 4) is 0 Å². The average Bonchev–Trinajstić information content (AvgIpc) is 3.13. The number of nitrogen functional groups attached to an aromatic ring is 1. The summed E-state index contributed by atoms with van der Waals surface area (Å²) < 4.78 is 0. The van der Waals surface area contributed by atoms with Gasteiger partial charge in [-0.2, -0.15) is 0 Å². The summed E-state index contributed by atoms with van der Waals surface area (Å²) in [6.07, 6.45) is 1.79. The predicted octanol–water partition coefficient (Wildman–Crippen LogP) is 1.01. The first-order chi connectivity index (χ1) is 12.1. The van der Waals surface area contributed by atoms with Crippen LogP contribution in [0.5, 0.6) is 0 Å². The van der Waals surface area contributed by atoms with Crippen LogP contribution in [0, 0.1) is 5.41 Å². The SMILES string of the molecule is CC(C)(C)C=C(C(=O)NC1C(=O)N2CC(C(=O)O)S[C@H]12)c1csc(N)n1. The van der Waals surface area contributed by atoms with Gasteiger partial charge in [0, 0.05) is 11.9 Å². The molecule has 26 heavy (non-hydrogen) atoms. The molecule has 0 bridgehead atoms. The molecule has 2 unspecified atom stereocenters. The van der Waals surface area contributed by atoms with Gasteiger partial charge in [0.25, 0.3) is 5.91 Å². The molecule has 2 saturated heterocycles. The third-order valence-electron chi connectivity index (χ3n) is 3.99. The molecule has 0 spiro atoms.